The minimum absolute atomic E-state index is 0.0853. The van der Waals surface area contributed by atoms with Crippen LogP contribution in [-0.4, -0.2) is 52.0 Å². The van der Waals surface area contributed by atoms with E-state index in [4.69, 9.17) is 0 Å². The summed E-state index contributed by atoms with van der Waals surface area (Å²) < 4.78 is 28.5. The van der Waals surface area contributed by atoms with Gasteiger partial charge in [0.25, 0.3) is 0 Å². The number of anilines is 1. The lowest BCUT2D eigenvalue weighted by atomic mass is 10.1. The average molecular weight is 376 g/mol. The van der Waals surface area contributed by atoms with Crippen LogP contribution in [0, 0.1) is 11.6 Å². The molecule has 8 heteroatoms. The van der Waals surface area contributed by atoms with Crippen LogP contribution in [0.1, 0.15) is 30.1 Å². The van der Waals surface area contributed by atoms with E-state index in [1.54, 1.807) is 22.8 Å². The number of carbonyl (C=O) groups excluding carboxylic acids is 2. The molecule has 3 rings (SSSR count). The number of nitrogens with zero attached hydrogens (tertiary/aromatic N) is 4. The smallest absolute Gasteiger partial charge is 0.223 e. The summed E-state index contributed by atoms with van der Waals surface area (Å²) in [6.07, 6.45) is 3.39. The van der Waals surface area contributed by atoms with Gasteiger partial charge in [-0.15, -0.1) is 0 Å². The molecule has 1 fully saturated rings. The number of amides is 1. The monoisotopic (exact) mass is 376 g/mol. The highest BCUT2D eigenvalue weighted by atomic mass is 19.1. The Morgan fingerprint density at radius 2 is 1.85 bits per heavy atom. The van der Waals surface area contributed by atoms with E-state index in [9.17, 15) is 18.4 Å². The zero-order valence-corrected chi connectivity index (χ0v) is 15.4. The second-order valence-electron chi connectivity index (χ2n) is 6.84. The number of ketones is 1. The van der Waals surface area contributed by atoms with Gasteiger partial charge in [-0.2, -0.15) is 5.10 Å². The van der Waals surface area contributed by atoms with Crippen LogP contribution in [-0.2, 0) is 11.8 Å². The van der Waals surface area contributed by atoms with Crippen LogP contribution in [0.2, 0.25) is 0 Å². The standard InChI is InChI=1S/C19H22F2N4O2/c1-13-11-24(5-6-25(13)17-8-15(20)7-16(21)9-17)19(27)4-3-18(26)14-10-22-23(2)12-14/h7-10,12-13H,3-6,11H2,1-2H3/t13-/m0/s1. The number of benzene rings is 1. The molecule has 0 unspecified atom stereocenters. The summed E-state index contributed by atoms with van der Waals surface area (Å²) in [6, 6.07) is 3.35. The second-order valence-corrected chi connectivity index (χ2v) is 6.84. The minimum Gasteiger partial charge on any atom is -0.365 e. The molecular weight excluding hydrogens is 354 g/mol. The Hall–Kier alpha value is -2.77. The molecule has 1 aromatic heterocycles. The van der Waals surface area contributed by atoms with E-state index in [0.29, 0.717) is 30.9 Å². The van der Waals surface area contributed by atoms with Crippen LogP contribution in [0.25, 0.3) is 0 Å². The summed E-state index contributed by atoms with van der Waals surface area (Å²) >= 11 is 0. The number of aromatic nitrogens is 2. The first-order valence-electron chi connectivity index (χ1n) is 8.86. The Labute approximate surface area is 156 Å². The number of hydrogen-bond acceptors (Lipinski definition) is 4. The van der Waals surface area contributed by atoms with Crippen molar-refractivity contribution in [3.05, 3.63) is 47.8 Å². The van der Waals surface area contributed by atoms with Crippen molar-refractivity contribution in [1.82, 2.24) is 14.7 Å². The van der Waals surface area contributed by atoms with Crippen molar-refractivity contribution < 1.29 is 18.4 Å². The number of Topliss-reactive ketones (excluding diaryl/α,β-unsaturated/α-hetero) is 1. The molecule has 1 saturated heterocycles. The van der Waals surface area contributed by atoms with Crippen LogP contribution in [0.4, 0.5) is 14.5 Å². The van der Waals surface area contributed by atoms with Gasteiger partial charge >= 0.3 is 0 Å². The van der Waals surface area contributed by atoms with Crippen molar-refractivity contribution in [2.24, 2.45) is 7.05 Å². The lowest BCUT2D eigenvalue weighted by Gasteiger charge is -2.41. The molecule has 6 nitrogen and oxygen atoms in total. The van der Waals surface area contributed by atoms with Crippen LogP contribution in [0.5, 0.6) is 0 Å². The first-order chi connectivity index (χ1) is 12.8. The van der Waals surface area contributed by atoms with Gasteiger partial charge in [0.15, 0.2) is 5.78 Å². The van der Waals surface area contributed by atoms with Gasteiger partial charge in [0, 0.05) is 63.5 Å². The number of hydrogen-bond donors (Lipinski definition) is 0. The summed E-state index contributed by atoms with van der Waals surface area (Å²) in [5.74, 6) is -1.45. The molecule has 0 radical (unpaired) electrons. The highest BCUT2D eigenvalue weighted by molar-refractivity contribution is 5.97. The molecule has 2 heterocycles. The Morgan fingerprint density at radius 1 is 1.15 bits per heavy atom. The van der Waals surface area contributed by atoms with Gasteiger partial charge in [0.05, 0.1) is 11.8 Å². The van der Waals surface area contributed by atoms with Crippen LogP contribution >= 0.6 is 0 Å². The maximum atomic E-state index is 13.5. The van der Waals surface area contributed by atoms with Crippen LogP contribution in [0.3, 0.4) is 0 Å². The van der Waals surface area contributed by atoms with Crippen molar-refractivity contribution in [1.29, 1.82) is 0 Å². The highest BCUT2D eigenvalue weighted by Gasteiger charge is 2.27. The molecule has 0 spiro atoms. The topological polar surface area (TPSA) is 58.4 Å². The minimum atomic E-state index is -0.621. The van der Waals surface area contributed by atoms with E-state index in [1.807, 2.05) is 11.8 Å². The molecule has 1 aliphatic rings. The molecule has 1 amide bonds. The maximum absolute atomic E-state index is 13.5. The molecule has 2 aromatic rings. The van der Waals surface area contributed by atoms with Gasteiger partial charge in [0.2, 0.25) is 5.91 Å². The van der Waals surface area contributed by atoms with Crippen molar-refractivity contribution in [3.63, 3.8) is 0 Å². The fourth-order valence-corrected chi connectivity index (χ4v) is 3.36. The predicted molar refractivity (Wildman–Crippen MR) is 96.5 cm³/mol. The Balaban J connectivity index is 1.55. The summed E-state index contributed by atoms with van der Waals surface area (Å²) in [4.78, 5) is 28.1. The molecule has 1 aliphatic heterocycles. The molecule has 0 N–H and O–H groups in total. The summed E-state index contributed by atoms with van der Waals surface area (Å²) in [6.45, 7) is 3.27. The fourth-order valence-electron chi connectivity index (χ4n) is 3.36. The Kier molecular flexibility index (Phi) is 5.53. The first kappa shape index (κ1) is 19.0. The molecule has 0 saturated carbocycles. The summed E-state index contributed by atoms with van der Waals surface area (Å²) in [7, 11) is 1.73. The van der Waals surface area contributed by atoms with E-state index >= 15 is 0 Å². The number of carbonyl (C=O) groups is 2. The third-order valence-corrected chi connectivity index (χ3v) is 4.75. The van der Waals surface area contributed by atoms with E-state index in [1.165, 1.54) is 18.3 Å². The third-order valence-electron chi connectivity index (χ3n) is 4.75. The third kappa shape index (κ3) is 4.50. The lowest BCUT2D eigenvalue weighted by Crippen LogP contribution is -2.53. The van der Waals surface area contributed by atoms with Gasteiger partial charge in [-0.3, -0.25) is 14.3 Å². The summed E-state index contributed by atoms with van der Waals surface area (Å²) in [5, 5.41) is 3.96. The van der Waals surface area contributed by atoms with E-state index < -0.39 is 11.6 Å². The molecule has 144 valence electrons. The van der Waals surface area contributed by atoms with Gasteiger partial charge < -0.3 is 9.80 Å². The fraction of sp³-hybridized carbons (Fsp3) is 0.421. The predicted octanol–water partition coefficient (Wildman–Crippen LogP) is 2.40. The van der Waals surface area contributed by atoms with Crippen molar-refractivity contribution in [2.45, 2.75) is 25.8 Å². The van der Waals surface area contributed by atoms with Gasteiger partial charge in [-0.1, -0.05) is 0 Å². The van der Waals surface area contributed by atoms with Gasteiger partial charge in [-0.25, -0.2) is 8.78 Å². The van der Waals surface area contributed by atoms with Crippen molar-refractivity contribution in [2.75, 3.05) is 24.5 Å². The Bertz CT molecular complexity index is 832. The van der Waals surface area contributed by atoms with Gasteiger partial charge in [0.1, 0.15) is 11.6 Å². The SMILES string of the molecule is C[C@H]1CN(C(=O)CCC(=O)c2cnn(C)c2)CCN1c1cc(F)cc(F)c1. The number of aryl methyl sites for hydroxylation is 1. The summed E-state index contributed by atoms with van der Waals surface area (Å²) in [5.41, 5.74) is 0.968. The number of rotatable bonds is 5. The molecule has 27 heavy (non-hydrogen) atoms. The first-order valence-corrected chi connectivity index (χ1v) is 8.86. The molecule has 1 atom stereocenters. The Morgan fingerprint density at radius 3 is 2.44 bits per heavy atom. The van der Waals surface area contributed by atoms with Crippen molar-refractivity contribution in [3.8, 4) is 0 Å². The van der Waals surface area contributed by atoms with Crippen LogP contribution < -0.4 is 4.90 Å². The molecular formula is C19H22F2N4O2. The van der Waals surface area contributed by atoms with Crippen LogP contribution in [0.15, 0.2) is 30.6 Å². The number of halogens is 2. The highest BCUT2D eigenvalue weighted by Crippen LogP contribution is 2.23. The quantitative estimate of drug-likeness (QED) is 0.752. The zero-order valence-electron chi connectivity index (χ0n) is 15.4. The molecule has 0 aliphatic carbocycles. The zero-order chi connectivity index (χ0) is 19.6. The van der Waals surface area contributed by atoms with Crippen molar-refractivity contribution >= 4 is 17.4 Å². The van der Waals surface area contributed by atoms with Gasteiger partial charge in [-0.05, 0) is 19.1 Å². The van der Waals surface area contributed by atoms with E-state index in [-0.39, 0.29) is 30.6 Å². The maximum Gasteiger partial charge on any atom is 0.223 e. The molecule has 0 bridgehead atoms. The van der Waals surface area contributed by atoms with E-state index in [0.717, 1.165) is 6.07 Å². The normalized spacial score (nSPS) is 17.3. The molecule has 1 aromatic carbocycles. The average Bonchev–Trinajstić information content (AvgIpc) is 3.05. The second kappa shape index (κ2) is 7.85. The number of piperazine rings is 1. The lowest BCUT2D eigenvalue weighted by molar-refractivity contribution is -0.131. The largest absolute Gasteiger partial charge is 0.365 e. The van der Waals surface area contributed by atoms with E-state index in [2.05, 4.69) is 5.10 Å².